The smallest absolute Gasteiger partial charge is 0.315 e. The van der Waals surface area contributed by atoms with Crippen molar-refractivity contribution in [2.45, 2.75) is 38.2 Å². The van der Waals surface area contributed by atoms with Gasteiger partial charge < -0.3 is 14.2 Å². The van der Waals surface area contributed by atoms with Crippen molar-refractivity contribution in [3.63, 3.8) is 0 Å². The monoisotopic (exact) mass is 523 g/mol. The molecule has 5 rings (SSSR count). The third-order valence-corrected chi connectivity index (χ3v) is 7.44. The molecule has 1 aliphatic carbocycles. The van der Waals surface area contributed by atoms with E-state index < -0.39 is 17.8 Å². The maximum Gasteiger partial charge on any atom is 0.315 e. The summed E-state index contributed by atoms with van der Waals surface area (Å²) in [5, 5.41) is 0. The number of para-hydroxylation sites is 1. The lowest BCUT2D eigenvalue weighted by Gasteiger charge is -2.37. The summed E-state index contributed by atoms with van der Waals surface area (Å²) in [5.41, 5.74) is 4.92. The zero-order valence-electron chi connectivity index (χ0n) is 22.3. The summed E-state index contributed by atoms with van der Waals surface area (Å²) < 4.78 is 17.0. The summed E-state index contributed by atoms with van der Waals surface area (Å²) in [6.07, 6.45) is 1.00. The zero-order valence-corrected chi connectivity index (χ0v) is 22.3. The SMILES string of the molecule is COCCOC(=O)C1C(C)=NC2=C(C(=O)C[C@@H](c3ccccc3)C2)[C@H]1c1ccccc1OCc1ccccc1. The maximum absolute atomic E-state index is 13.9. The van der Waals surface area contributed by atoms with Gasteiger partial charge in [-0.05, 0) is 36.5 Å². The highest BCUT2D eigenvalue weighted by Crippen LogP contribution is 2.48. The number of Topliss-reactive ketones (excluding diaryl/α,β-unsaturated/α-hetero) is 1. The van der Waals surface area contributed by atoms with E-state index >= 15 is 0 Å². The van der Waals surface area contributed by atoms with Gasteiger partial charge in [0.05, 0.1) is 6.61 Å². The van der Waals surface area contributed by atoms with Gasteiger partial charge >= 0.3 is 5.97 Å². The molecule has 1 heterocycles. The van der Waals surface area contributed by atoms with Crippen molar-refractivity contribution in [2.24, 2.45) is 10.9 Å². The largest absolute Gasteiger partial charge is 0.489 e. The van der Waals surface area contributed by atoms with E-state index in [1.54, 1.807) is 7.11 Å². The predicted molar refractivity (Wildman–Crippen MR) is 150 cm³/mol. The summed E-state index contributed by atoms with van der Waals surface area (Å²) in [6.45, 7) is 2.65. The molecule has 0 bridgehead atoms. The fourth-order valence-electron chi connectivity index (χ4n) is 5.58. The van der Waals surface area contributed by atoms with Crippen molar-refractivity contribution < 1.29 is 23.8 Å². The lowest BCUT2D eigenvalue weighted by atomic mass is 9.69. The van der Waals surface area contributed by atoms with Gasteiger partial charge in [0.2, 0.25) is 0 Å². The lowest BCUT2D eigenvalue weighted by Crippen LogP contribution is -2.38. The topological polar surface area (TPSA) is 74.2 Å². The number of esters is 1. The molecule has 39 heavy (non-hydrogen) atoms. The second-order valence-corrected chi connectivity index (χ2v) is 9.98. The average molecular weight is 524 g/mol. The standard InChI is InChI=1S/C33H33NO5/c1-22-30(33(36)38-18-17-37-2)31(26-15-9-10-16-29(26)39-21-23-11-5-3-6-12-23)32-27(34-22)19-25(20-28(32)35)24-13-7-4-8-14-24/h3-16,25,30-31H,17-21H2,1-2H3/t25-,30?,31-/m0/s1. The van der Waals surface area contributed by atoms with Crippen LogP contribution in [0.5, 0.6) is 5.75 Å². The molecule has 0 amide bonds. The number of ether oxygens (including phenoxy) is 3. The minimum atomic E-state index is -0.737. The molecule has 1 unspecified atom stereocenters. The van der Waals surface area contributed by atoms with Crippen LogP contribution in [0, 0.1) is 5.92 Å². The molecule has 0 fully saturated rings. The summed E-state index contributed by atoms with van der Waals surface area (Å²) in [7, 11) is 1.56. The minimum Gasteiger partial charge on any atom is -0.489 e. The molecule has 0 saturated carbocycles. The van der Waals surface area contributed by atoms with Crippen molar-refractivity contribution in [2.75, 3.05) is 20.3 Å². The van der Waals surface area contributed by atoms with Crippen LogP contribution in [0.2, 0.25) is 0 Å². The number of methoxy groups -OCH3 is 1. The first-order chi connectivity index (χ1) is 19.1. The first-order valence-corrected chi connectivity index (χ1v) is 13.3. The van der Waals surface area contributed by atoms with Crippen LogP contribution in [0.1, 0.15) is 48.3 Å². The van der Waals surface area contributed by atoms with Gasteiger partial charge in [-0.15, -0.1) is 0 Å². The molecule has 0 aromatic heterocycles. The van der Waals surface area contributed by atoms with E-state index in [1.807, 2.05) is 79.7 Å². The molecule has 0 radical (unpaired) electrons. The van der Waals surface area contributed by atoms with E-state index in [-0.39, 0.29) is 18.3 Å². The molecular formula is C33H33NO5. The molecule has 1 aliphatic heterocycles. The number of nitrogens with zero attached hydrogens (tertiary/aromatic N) is 1. The van der Waals surface area contributed by atoms with E-state index in [1.165, 1.54) is 0 Å². The highest BCUT2D eigenvalue weighted by Gasteiger charge is 2.45. The predicted octanol–water partition coefficient (Wildman–Crippen LogP) is 6.03. The number of benzene rings is 3. The highest BCUT2D eigenvalue weighted by molar-refractivity contribution is 6.09. The second-order valence-electron chi connectivity index (χ2n) is 9.98. The molecule has 3 aromatic carbocycles. The Bertz CT molecular complexity index is 1380. The average Bonchev–Trinajstić information content (AvgIpc) is 2.96. The van der Waals surface area contributed by atoms with Crippen LogP contribution in [0.3, 0.4) is 0 Å². The van der Waals surface area contributed by atoms with Crippen molar-refractivity contribution >= 4 is 17.5 Å². The quantitative estimate of drug-likeness (QED) is 0.253. The zero-order chi connectivity index (χ0) is 27.2. The van der Waals surface area contributed by atoms with Crippen molar-refractivity contribution in [1.29, 1.82) is 0 Å². The van der Waals surface area contributed by atoms with Gasteiger partial charge in [-0.1, -0.05) is 78.9 Å². The molecule has 6 heteroatoms. The Balaban J connectivity index is 1.55. The molecule has 0 N–H and O–H groups in total. The van der Waals surface area contributed by atoms with Crippen molar-refractivity contribution in [3.8, 4) is 5.75 Å². The van der Waals surface area contributed by atoms with E-state index in [4.69, 9.17) is 19.2 Å². The van der Waals surface area contributed by atoms with E-state index in [9.17, 15) is 9.59 Å². The maximum atomic E-state index is 13.9. The van der Waals surface area contributed by atoms with Crippen LogP contribution < -0.4 is 4.74 Å². The van der Waals surface area contributed by atoms with Crippen molar-refractivity contribution in [3.05, 3.63) is 113 Å². The van der Waals surface area contributed by atoms with E-state index in [0.717, 1.165) is 22.4 Å². The first kappa shape index (κ1) is 26.6. The van der Waals surface area contributed by atoms with E-state index in [0.29, 0.717) is 43.1 Å². The van der Waals surface area contributed by atoms with Crippen molar-refractivity contribution in [1.82, 2.24) is 0 Å². The summed E-state index contributed by atoms with van der Waals surface area (Å²) in [6, 6.07) is 27.7. The molecule has 3 atom stereocenters. The van der Waals surface area contributed by atoms with E-state index in [2.05, 4.69) is 12.1 Å². The Labute approximate surface area is 229 Å². The summed E-state index contributed by atoms with van der Waals surface area (Å²) in [4.78, 5) is 32.2. The third kappa shape index (κ3) is 5.86. The molecular weight excluding hydrogens is 490 g/mol. The van der Waals surface area contributed by atoms with Crippen LogP contribution in [0.25, 0.3) is 0 Å². The molecule has 0 saturated heterocycles. The molecule has 2 aliphatic rings. The van der Waals surface area contributed by atoms with Crippen LogP contribution in [0.15, 0.2) is 101 Å². The van der Waals surface area contributed by atoms with Gasteiger partial charge in [0, 0.05) is 42.0 Å². The Morgan fingerprint density at radius 1 is 0.897 bits per heavy atom. The Hall–Kier alpha value is -4.03. The van der Waals surface area contributed by atoms with Gasteiger partial charge in [-0.25, -0.2) is 0 Å². The molecule has 0 spiro atoms. The van der Waals surface area contributed by atoms with Gasteiger partial charge in [0.25, 0.3) is 0 Å². The highest BCUT2D eigenvalue weighted by atomic mass is 16.6. The van der Waals surface area contributed by atoms with Crippen LogP contribution >= 0.6 is 0 Å². The number of hydrogen-bond donors (Lipinski definition) is 0. The Morgan fingerprint density at radius 2 is 1.59 bits per heavy atom. The summed E-state index contributed by atoms with van der Waals surface area (Å²) >= 11 is 0. The normalized spacial score (nSPS) is 20.7. The number of rotatable bonds is 9. The first-order valence-electron chi connectivity index (χ1n) is 13.3. The van der Waals surface area contributed by atoms with Crippen LogP contribution in [-0.4, -0.2) is 37.8 Å². The Kier molecular flexibility index (Phi) is 8.33. The minimum absolute atomic E-state index is 0.0129. The fourth-order valence-corrected chi connectivity index (χ4v) is 5.58. The Morgan fingerprint density at radius 3 is 2.33 bits per heavy atom. The number of carbonyl (C=O) groups excluding carboxylic acids is 2. The summed E-state index contributed by atoms with van der Waals surface area (Å²) in [5.74, 6) is -1.01. The molecule has 200 valence electrons. The van der Waals surface area contributed by atoms with Gasteiger partial charge in [0.1, 0.15) is 24.9 Å². The fraction of sp³-hybridized carbons (Fsp3) is 0.303. The lowest BCUT2D eigenvalue weighted by molar-refractivity contribution is -0.147. The van der Waals surface area contributed by atoms with Crippen LogP contribution in [0.4, 0.5) is 0 Å². The van der Waals surface area contributed by atoms with Gasteiger partial charge in [-0.2, -0.15) is 0 Å². The van der Waals surface area contributed by atoms with Gasteiger partial charge in [0.15, 0.2) is 5.78 Å². The third-order valence-electron chi connectivity index (χ3n) is 7.44. The second kappa shape index (κ2) is 12.2. The van der Waals surface area contributed by atoms with Gasteiger partial charge in [-0.3, -0.25) is 14.6 Å². The molecule has 6 nitrogen and oxygen atoms in total. The number of hydrogen-bond acceptors (Lipinski definition) is 6. The van der Waals surface area contributed by atoms with Crippen LogP contribution in [-0.2, 0) is 25.7 Å². The number of ketones is 1. The molecule has 3 aromatic rings. The number of carbonyl (C=O) groups is 2. The number of aliphatic imine (C=N–C) groups is 1. The number of allylic oxidation sites excluding steroid dienone is 2.